The zero-order chi connectivity index (χ0) is 14.7. The zero-order valence-corrected chi connectivity index (χ0v) is 10.8. The number of halogens is 3. The second kappa shape index (κ2) is 5.60. The van der Waals surface area contributed by atoms with E-state index < -0.39 is 23.3 Å². The first-order valence-corrected chi connectivity index (χ1v) is 5.84. The average molecular weight is 278 g/mol. The summed E-state index contributed by atoms with van der Waals surface area (Å²) in [7, 11) is 0. The molecule has 0 aliphatic carbocycles. The Labute approximate surface area is 109 Å². The number of rotatable bonds is 6. The van der Waals surface area contributed by atoms with Gasteiger partial charge in [0.2, 0.25) is 5.91 Å². The largest absolute Gasteiger partial charge is 0.435 e. The van der Waals surface area contributed by atoms with Crippen LogP contribution in [0.25, 0.3) is 0 Å². The van der Waals surface area contributed by atoms with Crippen LogP contribution in [-0.2, 0) is 17.5 Å². The van der Waals surface area contributed by atoms with E-state index in [1.807, 2.05) is 6.92 Å². The number of carbonyl (C=O) groups excluding carboxylic acids is 1. The van der Waals surface area contributed by atoms with E-state index in [0.717, 1.165) is 10.7 Å². The van der Waals surface area contributed by atoms with Crippen LogP contribution >= 0.6 is 0 Å². The van der Waals surface area contributed by atoms with Gasteiger partial charge >= 0.3 is 6.18 Å². The Kier molecular flexibility index (Phi) is 4.56. The fraction of sp³-hybridized carbons (Fsp3) is 0.636. The van der Waals surface area contributed by atoms with Gasteiger partial charge in [-0.25, -0.2) is 0 Å². The van der Waals surface area contributed by atoms with Crippen molar-refractivity contribution in [2.24, 2.45) is 5.73 Å². The summed E-state index contributed by atoms with van der Waals surface area (Å²) in [6.07, 6.45) is -2.97. The number of aryl methyl sites for hydroxylation is 1. The lowest BCUT2D eigenvalue weighted by Gasteiger charge is -2.26. The molecule has 1 unspecified atom stereocenters. The number of carbonyl (C=O) groups is 1. The number of nitrogens with one attached hydrogen (secondary N) is 1. The average Bonchev–Trinajstić information content (AvgIpc) is 2.75. The molecule has 8 heteroatoms. The number of hydrogen-bond acceptors (Lipinski definition) is 3. The van der Waals surface area contributed by atoms with Crippen molar-refractivity contribution in [1.29, 1.82) is 0 Å². The molecule has 1 rings (SSSR count). The molecule has 0 aliphatic heterocycles. The third kappa shape index (κ3) is 3.95. The molecular weight excluding hydrogens is 261 g/mol. The van der Waals surface area contributed by atoms with Gasteiger partial charge in [0.25, 0.3) is 0 Å². The topological polar surface area (TPSA) is 72.9 Å². The van der Waals surface area contributed by atoms with Crippen molar-refractivity contribution in [2.75, 3.05) is 6.54 Å². The van der Waals surface area contributed by atoms with Crippen molar-refractivity contribution in [1.82, 2.24) is 15.1 Å². The second-order valence-corrected chi connectivity index (χ2v) is 4.44. The van der Waals surface area contributed by atoms with Crippen LogP contribution in [0.4, 0.5) is 13.2 Å². The lowest BCUT2D eigenvalue weighted by Crippen LogP contribution is -2.53. The van der Waals surface area contributed by atoms with Gasteiger partial charge in [-0.3, -0.25) is 9.48 Å². The number of likely N-dealkylation sites (N-methyl/N-ethyl adjacent to an activating group) is 1. The van der Waals surface area contributed by atoms with Gasteiger partial charge in [0.1, 0.15) is 0 Å². The molecule has 1 heterocycles. The smallest absolute Gasteiger partial charge is 0.368 e. The van der Waals surface area contributed by atoms with E-state index in [1.165, 1.54) is 6.20 Å². The van der Waals surface area contributed by atoms with E-state index in [1.54, 1.807) is 6.92 Å². The molecular formula is C11H17F3N4O. The van der Waals surface area contributed by atoms with Crippen molar-refractivity contribution in [2.45, 2.75) is 38.5 Å². The minimum absolute atomic E-state index is 0.169. The van der Waals surface area contributed by atoms with Crippen LogP contribution in [0.15, 0.2) is 12.3 Å². The van der Waals surface area contributed by atoms with E-state index in [4.69, 9.17) is 5.73 Å². The number of nitrogens with two attached hydrogens (primary N) is 1. The summed E-state index contributed by atoms with van der Waals surface area (Å²) in [5.41, 5.74) is 3.38. The van der Waals surface area contributed by atoms with Crippen LogP contribution in [0.5, 0.6) is 0 Å². The summed E-state index contributed by atoms with van der Waals surface area (Å²) in [5.74, 6) is -0.544. The van der Waals surface area contributed by atoms with Gasteiger partial charge < -0.3 is 11.1 Å². The van der Waals surface area contributed by atoms with Gasteiger partial charge in [-0.15, -0.1) is 0 Å². The predicted octanol–water partition coefficient (Wildman–Crippen LogP) is 1.15. The first-order valence-electron chi connectivity index (χ1n) is 5.84. The summed E-state index contributed by atoms with van der Waals surface area (Å²) in [6.45, 7) is 4.14. The Morgan fingerprint density at radius 3 is 2.58 bits per heavy atom. The van der Waals surface area contributed by atoms with Gasteiger partial charge in [-0.2, -0.15) is 18.3 Å². The highest BCUT2D eigenvalue weighted by Crippen LogP contribution is 2.27. The molecule has 0 aliphatic rings. The number of hydrogen-bond donors (Lipinski definition) is 2. The Bertz CT molecular complexity index is 443. The first kappa shape index (κ1) is 15.5. The molecule has 19 heavy (non-hydrogen) atoms. The quantitative estimate of drug-likeness (QED) is 0.819. The van der Waals surface area contributed by atoms with Gasteiger partial charge in [0.05, 0.1) is 5.54 Å². The Balaban J connectivity index is 2.70. The number of primary amides is 1. The van der Waals surface area contributed by atoms with Gasteiger partial charge in [0, 0.05) is 12.7 Å². The van der Waals surface area contributed by atoms with Crippen LogP contribution in [0.3, 0.4) is 0 Å². The molecule has 1 aromatic heterocycles. The molecule has 0 saturated carbocycles. The highest BCUT2D eigenvalue weighted by atomic mass is 19.4. The SMILES string of the molecule is CCNC(C)(CCn1ccc(C(F)(F)F)n1)C(N)=O. The summed E-state index contributed by atoms with van der Waals surface area (Å²) in [6, 6.07) is 0.898. The maximum atomic E-state index is 12.4. The van der Waals surface area contributed by atoms with Crippen molar-refractivity contribution in [3.8, 4) is 0 Å². The first-order chi connectivity index (χ1) is 8.69. The molecule has 0 aromatic carbocycles. The van der Waals surface area contributed by atoms with Gasteiger partial charge in [0.15, 0.2) is 5.69 Å². The summed E-state index contributed by atoms with van der Waals surface area (Å²) in [4.78, 5) is 11.3. The minimum Gasteiger partial charge on any atom is -0.368 e. The monoisotopic (exact) mass is 278 g/mol. The second-order valence-electron chi connectivity index (χ2n) is 4.44. The van der Waals surface area contributed by atoms with Gasteiger partial charge in [-0.05, 0) is 26.0 Å². The third-order valence-electron chi connectivity index (χ3n) is 2.88. The number of aromatic nitrogens is 2. The minimum atomic E-state index is -4.46. The third-order valence-corrected chi connectivity index (χ3v) is 2.88. The van der Waals surface area contributed by atoms with E-state index >= 15 is 0 Å². The lowest BCUT2D eigenvalue weighted by molar-refractivity contribution is -0.141. The molecule has 0 saturated heterocycles. The van der Waals surface area contributed by atoms with Crippen molar-refractivity contribution >= 4 is 5.91 Å². The van der Waals surface area contributed by atoms with Crippen LogP contribution in [0, 0.1) is 0 Å². The van der Waals surface area contributed by atoms with Crippen molar-refractivity contribution in [3.05, 3.63) is 18.0 Å². The van der Waals surface area contributed by atoms with Crippen LogP contribution in [0.2, 0.25) is 0 Å². The molecule has 108 valence electrons. The van der Waals surface area contributed by atoms with E-state index in [2.05, 4.69) is 10.4 Å². The molecule has 3 N–H and O–H groups in total. The number of nitrogens with zero attached hydrogens (tertiary/aromatic N) is 2. The van der Waals surface area contributed by atoms with E-state index in [-0.39, 0.29) is 13.0 Å². The maximum Gasteiger partial charge on any atom is 0.435 e. The number of amides is 1. The molecule has 0 spiro atoms. The normalized spacial score (nSPS) is 15.2. The van der Waals surface area contributed by atoms with Gasteiger partial charge in [-0.1, -0.05) is 6.92 Å². The summed E-state index contributed by atoms with van der Waals surface area (Å²) < 4.78 is 38.2. The lowest BCUT2D eigenvalue weighted by atomic mass is 9.97. The highest BCUT2D eigenvalue weighted by molar-refractivity contribution is 5.84. The molecule has 1 amide bonds. The van der Waals surface area contributed by atoms with E-state index in [9.17, 15) is 18.0 Å². The fourth-order valence-corrected chi connectivity index (χ4v) is 1.66. The Morgan fingerprint density at radius 2 is 2.16 bits per heavy atom. The summed E-state index contributed by atoms with van der Waals surface area (Å²) in [5, 5.41) is 6.34. The van der Waals surface area contributed by atoms with Crippen LogP contribution < -0.4 is 11.1 Å². The van der Waals surface area contributed by atoms with Crippen LogP contribution in [-0.4, -0.2) is 27.8 Å². The Morgan fingerprint density at radius 1 is 1.53 bits per heavy atom. The number of alkyl halides is 3. The highest BCUT2D eigenvalue weighted by Gasteiger charge is 2.34. The van der Waals surface area contributed by atoms with Crippen molar-refractivity contribution in [3.63, 3.8) is 0 Å². The fourth-order valence-electron chi connectivity index (χ4n) is 1.66. The Hall–Kier alpha value is -1.57. The summed E-state index contributed by atoms with van der Waals surface area (Å²) >= 11 is 0. The molecule has 0 radical (unpaired) electrons. The van der Waals surface area contributed by atoms with Crippen LogP contribution in [0.1, 0.15) is 26.0 Å². The van der Waals surface area contributed by atoms with E-state index in [0.29, 0.717) is 6.54 Å². The van der Waals surface area contributed by atoms with Crippen molar-refractivity contribution < 1.29 is 18.0 Å². The zero-order valence-electron chi connectivity index (χ0n) is 10.8. The predicted molar refractivity (Wildman–Crippen MR) is 63.1 cm³/mol. The molecule has 1 atom stereocenters. The molecule has 0 bridgehead atoms. The maximum absolute atomic E-state index is 12.4. The standard InChI is InChI=1S/C11H17F3N4O/c1-3-16-10(2,9(15)19)5-7-18-6-4-8(17-18)11(12,13)14/h4,6,16H,3,5,7H2,1-2H3,(H2,15,19). The molecule has 5 nitrogen and oxygen atoms in total. The molecule has 1 aromatic rings. The molecule has 0 fully saturated rings.